The molecule has 1 fully saturated rings. The molecular weight excluding hydrogens is 350 g/mol. The van der Waals surface area contributed by atoms with Gasteiger partial charge in [0.15, 0.2) is 0 Å². The molecule has 1 saturated heterocycles. The third-order valence-electron chi connectivity index (χ3n) is 3.49. The molecule has 1 aliphatic heterocycles. The van der Waals surface area contributed by atoms with Crippen LogP contribution in [0.5, 0.6) is 0 Å². The zero-order valence-electron chi connectivity index (χ0n) is 12.6. The Bertz CT molecular complexity index is 630. The minimum atomic E-state index is -0.560. The van der Waals surface area contributed by atoms with Crippen LogP contribution in [0.15, 0.2) is 22.7 Å². The van der Waals surface area contributed by atoms with Crippen LogP contribution in [-0.2, 0) is 9.59 Å². The van der Waals surface area contributed by atoms with E-state index in [0.717, 1.165) is 14.9 Å². The molecule has 1 heterocycles. The van der Waals surface area contributed by atoms with E-state index in [1.54, 1.807) is 6.07 Å². The first-order valence-corrected chi connectivity index (χ1v) is 7.76. The van der Waals surface area contributed by atoms with Gasteiger partial charge in [-0.1, -0.05) is 29.8 Å². The van der Waals surface area contributed by atoms with Crippen molar-refractivity contribution in [3.05, 3.63) is 28.2 Å². The number of nitrogens with zero attached hydrogens (tertiary/aromatic N) is 1. The van der Waals surface area contributed by atoms with E-state index in [0.29, 0.717) is 5.69 Å². The Hall–Kier alpha value is -1.89. The fraction of sp³-hybridized carbons (Fsp3) is 0.400. The van der Waals surface area contributed by atoms with Crippen LogP contribution in [0, 0.1) is 12.8 Å². The third kappa shape index (κ3) is 3.47. The summed E-state index contributed by atoms with van der Waals surface area (Å²) < 4.78 is 0.914. The van der Waals surface area contributed by atoms with Gasteiger partial charge in [0.2, 0.25) is 5.91 Å². The Morgan fingerprint density at radius 2 is 2.09 bits per heavy atom. The van der Waals surface area contributed by atoms with Gasteiger partial charge in [-0.25, -0.2) is 4.79 Å². The number of hydrogen-bond donors (Lipinski definition) is 2. The van der Waals surface area contributed by atoms with Gasteiger partial charge in [-0.2, -0.15) is 0 Å². The van der Waals surface area contributed by atoms with E-state index in [1.807, 2.05) is 32.9 Å². The Morgan fingerprint density at radius 3 is 2.64 bits per heavy atom. The lowest BCUT2D eigenvalue weighted by atomic mass is 10.1. The van der Waals surface area contributed by atoms with Crippen molar-refractivity contribution in [2.75, 3.05) is 11.9 Å². The van der Waals surface area contributed by atoms with Gasteiger partial charge >= 0.3 is 6.03 Å². The van der Waals surface area contributed by atoms with E-state index >= 15 is 0 Å². The van der Waals surface area contributed by atoms with Gasteiger partial charge in [-0.05, 0) is 36.6 Å². The SMILES string of the molecule is Cc1cc(Br)ccc1NC(=O)CN1C(=O)NC(C(C)C)C1=O. The maximum atomic E-state index is 12.1. The van der Waals surface area contributed by atoms with E-state index in [-0.39, 0.29) is 18.4 Å². The van der Waals surface area contributed by atoms with Crippen LogP contribution in [0.4, 0.5) is 10.5 Å². The summed E-state index contributed by atoms with van der Waals surface area (Å²) in [5.74, 6) is -0.778. The van der Waals surface area contributed by atoms with Crippen molar-refractivity contribution in [2.45, 2.75) is 26.8 Å². The summed E-state index contributed by atoms with van der Waals surface area (Å²) in [5, 5.41) is 5.31. The molecule has 0 bridgehead atoms. The number of hydrogen-bond acceptors (Lipinski definition) is 3. The molecule has 7 heteroatoms. The summed E-state index contributed by atoms with van der Waals surface area (Å²) in [7, 11) is 0. The molecule has 0 radical (unpaired) electrons. The van der Waals surface area contributed by atoms with Crippen LogP contribution in [0.3, 0.4) is 0 Å². The topological polar surface area (TPSA) is 78.5 Å². The number of benzene rings is 1. The number of nitrogens with one attached hydrogen (secondary N) is 2. The highest BCUT2D eigenvalue weighted by Gasteiger charge is 2.40. The van der Waals surface area contributed by atoms with Crippen molar-refractivity contribution >= 4 is 39.5 Å². The standard InChI is InChI=1S/C15H18BrN3O3/c1-8(2)13-14(21)19(15(22)18-13)7-12(20)17-11-5-4-10(16)6-9(11)3/h4-6,8,13H,7H2,1-3H3,(H,17,20)(H,18,22). The zero-order valence-corrected chi connectivity index (χ0v) is 14.2. The molecule has 0 saturated carbocycles. The average molecular weight is 368 g/mol. The van der Waals surface area contributed by atoms with Gasteiger partial charge in [0.1, 0.15) is 12.6 Å². The molecule has 1 atom stereocenters. The number of anilines is 1. The van der Waals surface area contributed by atoms with Gasteiger partial charge in [-0.15, -0.1) is 0 Å². The summed E-state index contributed by atoms with van der Waals surface area (Å²) in [4.78, 5) is 36.9. The summed E-state index contributed by atoms with van der Waals surface area (Å²) in [5.41, 5.74) is 1.54. The van der Waals surface area contributed by atoms with Gasteiger partial charge in [0.25, 0.3) is 5.91 Å². The molecule has 1 aromatic rings. The van der Waals surface area contributed by atoms with E-state index in [2.05, 4.69) is 26.6 Å². The number of rotatable bonds is 4. The van der Waals surface area contributed by atoms with E-state index in [4.69, 9.17) is 0 Å². The Balaban J connectivity index is 2.03. The highest BCUT2D eigenvalue weighted by atomic mass is 79.9. The van der Waals surface area contributed by atoms with Crippen LogP contribution in [0.1, 0.15) is 19.4 Å². The molecule has 1 aliphatic rings. The Kier molecular flexibility index (Phi) is 4.85. The number of imide groups is 1. The fourth-order valence-electron chi connectivity index (χ4n) is 2.24. The predicted octanol–water partition coefficient (Wildman–Crippen LogP) is 2.27. The van der Waals surface area contributed by atoms with E-state index in [9.17, 15) is 14.4 Å². The van der Waals surface area contributed by atoms with Crippen LogP contribution in [-0.4, -0.2) is 35.3 Å². The molecule has 4 amide bonds. The van der Waals surface area contributed by atoms with Crippen LogP contribution >= 0.6 is 15.9 Å². The van der Waals surface area contributed by atoms with Crippen molar-refractivity contribution in [1.82, 2.24) is 10.2 Å². The highest BCUT2D eigenvalue weighted by Crippen LogP contribution is 2.20. The van der Waals surface area contributed by atoms with Crippen LogP contribution in [0.2, 0.25) is 0 Å². The number of aryl methyl sites for hydroxylation is 1. The Morgan fingerprint density at radius 1 is 1.41 bits per heavy atom. The van der Waals surface area contributed by atoms with Crippen molar-refractivity contribution < 1.29 is 14.4 Å². The average Bonchev–Trinajstić information content (AvgIpc) is 2.70. The van der Waals surface area contributed by atoms with Gasteiger partial charge in [-0.3, -0.25) is 14.5 Å². The first kappa shape index (κ1) is 16.5. The fourth-order valence-corrected chi connectivity index (χ4v) is 2.72. The minimum Gasteiger partial charge on any atom is -0.326 e. The molecule has 1 aromatic carbocycles. The highest BCUT2D eigenvalue weighted by molar-refractivity contribution is 9.10. The number of amides is 4. The molecule has 2 rings (SSSR count). The number of halogens is 1. The second-order valence-electron chi connectivity index (χ2n) is 5.60. The molecule has 0 aromatic heterocycles. The maximum Gasteiger partial charge on any atom is 0.325 e. The molecule has 6 nitrogen and oxygen atoms in total. The van der Waals surface area contributed by atoms with E-state index < -0.39 is 18.0 Å². The molecule has 0 spiro atoms. The number of carbonyl (C=O) groups is 3. The quantitative estimate of drug-likeness (QED) is 0.801. The third-order valence-corrected chi connectivity index (χ3v) is 3.98. The zero-order chi connectivity index (χ0) is 16.4. The second kappa shape index (κ2) is 6.48. The monoisotopic (exact) mass is 367 g/mol. The molecule has 2 N–H and O–H groups in total. The predicted molar refractivity (Wildman–Crippen MR) is 86.4 cm³/mol. The van der Waals surface area contributed by atoms with Crippen molar-refractivity contribution in [2.24, 2.45) is 5.92 Å². The second-order valence-corrected chi connectivity index (χ2v) is 6.52. The first-order chi connectivity index (χ1) is 10.3. The lowest BCUT2D eigenvalue weighted by Gasteiger charge is -2.15. The summed E-state index contributed by atoms with van der Waals surface area (Å²) >= 11 is 3.35. The van der Waals surface area contributed by atoms with Crippen molar-refractivity contribution in [3.63, 3.8) is 0 Å². The summed E-state index contributed by atoms with van der Waals surface area (Å²) in [6, 6.07) is 4.37. The van der Waals surface area contributed by atoms with Gasteiger partial charge in [0, 0.05) is 10.2 Å². The molecule has 22 heavy (non-hydrogen) atoms. The van der Waals surface area contributed by atoms with E-state index in [1.165, 1.54) is 0 Å². The number of urea groups is 1. The Labute approximate surface area is 137 Å². The molecular formula is C15H18BrN3O3. The minimum absolute atomic E-state index is 0.0155. The van der Waals surface area contributed by atoms with Crippen LogP contribution < -0.4 is 10.6 Å². The lowest BCUT2D eigenvalue weighted by Crippen LogP contribution is -2.39. The molecule has 118 valence electrons. The molecule has 1 unspecified atom stereocenters. The van der Waals surface area contributed by atoms with Crippen molar-refractivity contribution in [3.8, 4) is 0 Å². The van der Waals surface area contributed by atoms with Gasteiger partial charge in [0.05, 0.1) is 0 Å². The summed E-state index contributed by atoms with van der Waals surface area (Å²) in [6.45, 7) is 5.27. The molecule has 0 aliphatic carbocycles. The van der Waals surface area contributed by atoms with Gasteiger partial charge < -0.3 is 10.6 Å². The normalized spacial score (nSPS) is 17.9. The number of carbonyl (C=O) groups excluding carboxylic acids is 3. The lowest BCUT2D eigenvalue weighted by molar-refractivity contribution is -0.131. The van der Waals surface area contributed by atoms with Crippen molar-refractivity contribution in [1.29, 1.82) is 0 Å². The smallest absolute Gasteiger partial charge is 0.325 e. The summed E-state index contributed by atoms with van der Waals surface area (Å²) in [6.07, 6.45) is 0. The first-order valence-electron chi connectivity index (χ1n) is 6.97. The maximum absolute atomic E-state index is 12.1. The van der Waals surface area contributed by atoms with Crippen LogP contribution in [0.25, 0.3) is 0 Å². The largest absolute Gasteiger partial charge is 0.326 e.